The van der Waals surface area contributed by atoms with Gasteiger partial charge in [-0.25, -0.2) is 28.5 Å². The van der Waals surface area contributed by atoms with E-state index in [4.69, 9.17) is 4.74 Å². The molecule has 2 N–H and O–H groups in total. The van der Waals surface area contributed by atoms with E-state index in [0.717, 1.165) is 17.0 Å². The van der Waals surface area contributed by atoms with Crippen LogP contribution in [-0.4, -0.2) is 74.3 Å². The van der Waals surface area contributed by atoms with Crippen molar-refractivity contribution in [2.45, 2.75) is 32.7 Å². The van der Waals surface area contributed by atoms with Gasteiger partial charge < -0.3 is 25.0 Å². The molecule has 1 atom stereocenters. The van der Waals surface area contributed by atoms with Crippen molar-refractivity contribution in [3.63, 3.8) is 0 Å². The lowest BCUT2D eigenvalue weighted by molar-refractivity contribution is -0.118. The minimum atomic E-state index is -1.18. The molecular weight excluding hydrogens is 564 g/mol. The highest BCUT2D eigenvalue weighted by molar-refractivity contribution is 6.10. The zero-order valence-corrected chi connectivity index (χ0v) is 23.7. The monoisotopic (exact) mass is 591 g/mol. The average Bonchev–Trinajstić information content (AvgIpc) is 2.97. The van der Waals surface area contributed by atoms with Crippen molar-refractivity contribution in [2.24, 2.45) is 0 Å². The third-order valence-electron chi connectivity index (χ3n) is 7.80. The van der Waals surface area contributed by atoms with Gasteiger partial charge >= 0.3 is 6.09 Å². The first-order valence-corrected chi connectivity index (χ1v) is 13.5. The van der Waals surface area contributed by atoms with Crippen LogP contribution < -0.4 is 20.5 Å². The standard InChI is InChI=1S/C29H27F2N7O5/c1-13(2)21-24(14(3)32-12-33-21)38-26-15(10-17(31)22(34-26)20-16(30)6-5-7-19(20)43-4)25-23(28(38)40)35-27(39)18-11-36(29(41)42)8-9-37(18)25/h5-7,10,12-13,18H,8-9,11H2,1-4H3,(H,35,39)(H,41,42)/t18-/m1/s1. The van der Waals surface area contributed by atoms with Crippen molar-refractivity contribution in [3.8, 4) is 22.7 Å². The number of anilines is 2. The topological polar surface area (TPSA) is 143 Å². The summed E-state index contributed by atoms with van der Waals surface area (Å²) < 4.78 is 37.8. The van der Waals surface area contributed by atoms with E-state index in [0.29, 0.717) is 17.1 Å². The Morgan fingerprint density at radius 2 is 1.91 bits per heavy atom. The largest absolute Gasteiger partial charge is 0.496 e. The number of carbonyl (C=O) groups excluding carboxylic acids is 1. The second-order valence-corrected chi connectivity index (χ2v) is 10.6. The molecule has 3 aromatic heterocycles. The smallest absolute Gasteiger partial charge is 0.407 e. The van der Waals surface area contributed by atoms with Gasteiger partial charge in [-0.15, -0.1) is 0 Å². The first-order chi connectivity index (χ1) is 20.5. The number of aromatic nitrogens is 4. The van der Waals surface area contributed by atoms with Crippen molar-refractivity contribution in [3.05, 3.63) is 64.0 Å². The van der Waals surface area contributed by atoms with Crippen LogP contribution in [0.15, 0.2) is 35.4 Å². The van der Waals surface area contributed by atoms with E-state index in [1.807, 2.05) is 13.8 Å². The molecule has 14 heteroatoms. The maximum absolute atomic E-state index is 16.1. The van der Waals surface area contributed by atoms with E-state index >= 15 is 8.78 Å². The summed E-state index contributed by atoms with van der Waals surface area (Å²) in [4.78, 5) is 55.3. The summed E-state index contributed by atoms with van der Waals surface area (Å²) >= 11 is 0. The minimum absolute atomic E-state index is 0.0270. The van der Waals surface area contributed by atoms with Gasteiger partial charge in [0, 0.05) is 18.5 Å². The lowest BCUT2D eigenvalue weighted by Crippen LogP contribution is -2.61. The lowest BCUT2D eigenvalue weighted by Gasteiger charge is -2.44. The van der Waals surface area contributed by atoms with Crippen LogP contribution in [0.3, 0.4) is 0 Å². The molecule has 0 unspecified atom stereocenters. The zero-order chi connectivity index (χ0) is 30.7. The van der Waals surface area contributed by atoms with E-state index in [9.17, 15) is 19.5 Å². The first kappa shape index (κ1) is 28.0. The van der Waals surface area contributed by atoms with Crippen LogP contribution in [-0.2, 0) is 4.79 Å². The summed E-state index contributed by atoms with van der Waals surface area (Å²) in [6.07, 6.45) is 0.187. The van der Waals surface area contributed by atoms with E-state index in [1.165, 1.54) is 30.1 Å². The summed E-state index contributed by atoms with van der Waals surface area (Å²) in [5.41, 5.74) is -0.0157. The van der Waals surface area contributed by atoms with Gasteiger partial charge in [-0.05, 0) is 31.0 Å². The van der Waals surface area contributed by atoms with Crippen molar-refractivity contribution in [1.82, 2.24) is 24.4 Å². The Morgan fingerprint density at radius 3 is 2.60 bits per heavy atom. The molecular formula is C29H27F2N7O5. The maximum Gasteiger partial charge on any atom is 0.407 e. The first-order valence-electron chi connectivity index (χ1n) is 13.5. The molecule has 1 fully saturated rings. The van der Waals surface area contributed by atoms with E-state index < -0.39 is 35.2 Å². The fraction of sp³-hybridized carbons (Fsp3) is 0.310. The molecule has 0 radical (unpaired) electrons. The summed E-state index contributed by atoms with van der Waals surface area (Å²) in [5.74, 6) is -2.39. The van der Waals surface area contributed by atoms with Gasteiger partial charge in [-0.2, -0.15) is 0 Å². The number of ether oxygens (including phenoxy) is 1. The highest BCUT2D eigenvalue weighted by atomic mass is 19.1. The highest BCUT2D eigenvalue weighted by Gasteiger charge is 2.42. The number of aryl methyl sites for hydroxylation is 1. The molecule has 43 heavy (non-hydrogen) atoms. The molecule has 222 valence electrons. The van der Waals surface area contributed by atoms with E-state index in [2.05, 4.69) is 20.3 Å². The molecule has 12 nitrogen and oxygen atoms in total. The third-order valence-corrected chi connectivity index (χ3v) is 7.80. The van der Waals surface area contributed by atoms with E-state index in [1.54, 1.807) is 11.8 Å². The Bertz CT molecular complexity index is 1890. The second kappa shape index (κ2) is 10.3. The quantitative estimate of drug-likeness (QED) is 0.363. The Hall–Kier alpha value is -5.14. The molecule has 5 heterocycles. The highest BCUT2D eigenvalue weighted by Crippen LogP contribution is 2.41. The average molecular weight is 592 g/mol. The number of hydrogen-bond acceptors (Lipinski definition) is 8. The lowest BCUT2D eigenvalue weighted by atomic mass is 10.0. The van der Waals surface area contributed by atoms with Gasteiger partial charge in [0.2, 0.25) is 5.91 Å². The SMILES string of the molecule is COc1cccc(F)c1-c1nc2c(cc1F)c1c(c(=O)n2-c2c(C)ncnc2C(C)C)NC(=O)[C@H]2CN(C(=O)O)CCN12. The molecule has 2 aliphatic heterocycles. The van der Waals surface area contributed by atoms with Crippen molar-refractivity contribution in [1.29, 1.82) is 0 Å². The number of pyridine rings is 2. The van der Waals surface area contributed by atoms with Crippen LogP contribution in [0.1, 0.15) is 31.2 Å². The molecule has 0 spiro atoms. The number of benzene rings is 1. The van der Waals surface area contributed by atoms with Crippen molar-refractivity contribution < 1.29 is 28.2 Å². The number of hydrogen-bond donors (Lipinski definition) is 2. The number of nitrogens with zero attached hydrogens (tertiary/aromatic N) is 6. The van der Waals surface area contributed by atoms with Crippen LogP contribution in [0.2, 0.25) is 0 Å². The Balaban J connectivity index is 1.74. The number of methoxy groups -OCH3 is 1. The zero-order valence-electron chi connectivity index (χ0n) is 23.7. The van der Waals surface area contributed by atoms with Gasteiger partial charge in [0.15, 0.2) is 11.5 Å². The number of carbonyl (C=O) groups is 2. The molecule has 0 saturated carbocycles. The van der Waals surface area contributed by atoms with Gasteiger partial charge in [0.1, 0.15) is 35.3 Å². The summed E-state index contributed by atoms with van der Waals surface area (Å²) in [7, 11) is 1.32. The second-order valence-electron chi connectivity index (χ2n) is 10.6. The fourth-order valence-corrected chi connectivity index (χ4v) is 5.81. The van der Waals surface area contributed by atoms with Crippen LogP contribution in [0.25, 0.3) is 28.0 Å². The molecule has 2 aliphatic rings. The minimum Gasteiger partial charge on any atom is -0.496 e. The van der Waals surface area contributed by atoms with Crippen molar-refractivity contribution >= 4 is 34.4 Å². The molecule has 4 aromatic rings. The van der Waals surface area contributed by atoms with Crippen LogP contribution >= 0.6 is 0 Å². The molecule has 6 rings (SSSR count). The van der Waals surface area contributed by atoms with Gasteiger partial charge in [-0.3, -0.25) is 14.2 Å². The molecule has 0 aliphatic carbocycles. The Morgan fingerprint density at radius 1 is 1.14 bits per heavy atom. The predicted molar refractivity (Wildman–Crippen MR) is 153 cm³/mol. The molecule has 1 saturated heterocycles. The van der Waals surface area contributed by atoms with Gasteiger partial charge in [0.05, 0.1) is 42.0 Å². The van der Waals surface area contributed by atoms with Crippen molar-refractivity contribution in [2.75, 3.05) is 37.0 Å². The fourth-order valence-electron chi connectivity index (χ4n) is 5.81. The van der Waals surface area contributed by atoms with Crippen LogP contribution in [0.5, 0.6) is 5.75 Å². The molecule has 0 bridgehead atoms. The van der Waals surface area contributed by atoms with Crippen LogP contribution in [0, 0.1) is 18.6 Å². The number of piperazine rings is 1. The Labute approximate surface area is 243 Å². The predicted octanol–water partition coefficient (Wildman–Crippen LogP) is 3.68. The number of carboxylic acid groups (broad SMARTS) is 1. The third kappa shape index (κ3) is 4.32. The summed E-state index contributed by atoms with van der Waals surface area (Å²) in [5, 5.41) is 12.3. The maximum atomic E-state index is 16.1. The number of fused-ring (bicyclic) bond motifs is 5. The molecule has 1 aromatic carbocycles. The number of halogens is 2. The van der Waals surface area contributed by atoms with Crippen LogP contribution in [0.4, 0.5) is 25.0 Å². The van der Waals surface area contributed by atoms with Gasteiger partial charge in [-0.1, -0.05) is 19.9 Å². The normalized spacial score (nSPS) is 16.3. The summed E-state index contributed by atoms with van der Waals surface area (Å²) in [6, 6.07) is 4.21. The molecule has 2 amide bonds. The Kier molecular flexibility index (Phi) is 6.70. The number of nitrogens with one attached hydrogen (secondary N) is 1. The number of amides is 2. The number of rotatable bonds is 4. The van der Waals surface area contributed by atoms with Gasteiger partial charge in [0.25, 0.3) is 5.56 Å². The summed E-state index contributed by atoms with van der Waals surface area (Å²) in [6.45, 7) is 5.40. The van der Waals surface area contributed by atoms with E-state index in [-0.39, 0.29) is 65.0 Å².